The molecular formula is C28H30ClFN4O3. The van der Waals surface area contributed by atoms with Crippen molar-refractivity contribution in [2.75, 3.05) is 26.2 Å². The Bertz CT molecular complexity index is 1350. The minimum Gasteiger partial charge on any atom is -0.449 e. The molecule has 2 aromatic heterocycles. The molecule has 0 spiro atoms. The normalized spacial score (nSPS) is 19.6. The molecule has 9 heteroatoms. The fourth-order valence-electron chi connectivity index (χ4n) is 5.33. The molecule has 1 unspecified atom stereocenters. The second kappa shape index (κ2) is 10.6. The number of amides is 2. The molecule has 2 atom stereocenters. The molecule has 2 amide bonds. The Morgan fingerprint density at radius 3 is 2.84 bits per heavy atom. The van der Waals surface area contributed by atoms with Crippen LogP contribution in [0.25, 0.3) is 10.9 Å². The van der Waals surface area contributed by atoms with Crippen molar-refractivity contribution in [3.63, 3.8) is 0 Å². The third-order valence-corrected chi connectivity index (χ3v) is 7.71. The number of ether oxygens (including phenoxy) is 1. The predicted octanol–water partition coefficient (Wildman–Crippen LogP) is 5.39. The van der Waals surface area contributed by atoms with Gasteiger partial charge in [-0.1, -0.05) is 24.6 Å². The molecule has 1 aliphatic heterocycles. The Balaban J connectivity index is 1.37. The maximum Gasteiger partial charge on any atom is 0.409 e. The minimum atomic E-state index is -0.334. The van der Waals surface area contributed by atoms with Gasteiger partial charge in [0.05, 0.1) is 22.8 Å². The molecule has 1 aliphatic carbocycles. The summed E-state index contributed by atoms with van der Waals surface area (Å²) in [6.07, 6.45) is 4.04. The number of piperazine rings is 1. The summed E-state index contributed by atoms with van der Waals surface area (Å²) in [6.45, 7) is 5.54. The lowest BCUT2D eigenvalue weighted by Crippen LogP contribution is -2.55. The highest BCUT2D eigenvalue weighted by Crippen LogP contribution is 2.38. The van der Waals surface area contributed by atoms with Gasteiger partial charge >= 0.3 is 6.09 Å². The minimum absolute atomic E-state index is 0.0688. The van der Waals surface area contributed by atoms with Gasteiger partial charge in [-0.25, -0.2) is 9.18 Å². The van der Waals surface area contributed by atoms with Gasteiger partial charge in [0.2, 0.25) is 0 Å². The van der Waals surface area contributed by atoms with Crippen molar-refractivity contribution in [1.82, 2.24) is 19.8 Å². The van der Waals surface area contributed by atoms with E-state index in [-0.39, 0.29) is 29.8 Å². The molecule has 7 nitrogen and oxygen atoms in total. The van der Waals surface area contributed by atoms with E-state index in [9.17, 15) is 14.0 Å². The van der Waals surface area contributed by atoms with Gasteiger partial charge in [-0.3, -0.25) is 14.8 Å². The van der Waals surface area contributed by atoms with Gasteiger partial charge in [-0.15, -0.1) is 0 Å². The van der Waals surface area contributed by atoms with Crippen molar-refractivity contribution in [3.8, 4) is 0 Å². The second-order valence-corrected chi connectivity index (χ2v) is 10.2. The van der Waals surface area contributed by atoms with E-state index in [1.54, 1.807) is 34.2 Å². The third-order valence-electron chi connectivity index (χ3n) is 7.28. The lowest BCUT2D eigenvalue weighted by atomic mass is 9.84. The summed E-state index contributed by atoms with van der Waals surface area (Å²) < 4.78 is 19.6. The number of hydrogen-bond donors (Lipinski definition) is 0. The van der Waals surface area contributed by atoms with Gasteiger partial charge in [0, 0.05) is 54.4 Å². The summed E-state index contributed by atoms with van der Waals surface area (Å²) >= 11 is 6.80. The van der Waals surface area contributed by atoms with Crippen LogP contribution >= 0.6 is 11.6 Å². The van der Waals surface area contributed by atoms with Gasteiger partial charge in [0.15, 0.2) is 0 Å². The first-order valence-electron chi connectivity index (χ1n) is 12.8. The number of nitrogens with zero attached hydrogens (tertiary/aromatic N) is 4. The zero-order chi connectivity index (χ0) is 26.1. The Hall–Kier alpha value is -3.26. The van der Waals surface area contributed by atoms with Crippen LogP contribution < -0.4 is 0 Å². The zero-order valence-corrected chi connectivity index (χ0v) is 21.8. The highest BCUT2D eigenvalue weighted by molar-refractivity contribution is 6.36. The molecule has 0 N–H and O–H groups in total. The van der Waals surface area contributed by atoms with Crippen LogP contribution in [0.2, 0.25) is 5.02 Å². The lowest BCUT2D eigenvalue weighted by molar-refractivity contribution is 0.0414. The van der Waals surface area contributed by atoms with Crippen LogP contribution in [-0.2, 0) is 17.6 Å². The van der Waals surface area contributed by atoms with Crippen LogP contribution in [0.15, 0.2) is 36.5 Å². The quantitative estimate of drug-likeness (QED) is 0.457. The summed E-state index contributed by atoms with van der Waals surface area (Å²) in [4.78, 5) is 38.2. The molecule has 3 heterocycles. The van der Waals surface area contributed by atoms with Gasteiger partial charge < -0.3 is 14.5 Å². The van der Waals surface area contributed by atoms with Crippen LogP contribution in [0.4, 0.5) is 9.18 Å². The molecule has 194 valence electrons. The van der Waals surface area contributed by atoms with Crippen molar-refractivity contribution in [3.05, 3.63) is 69.9 Å². The predicted molar refractivity (Wildman–Crippen MR) is 139 cm³/mol. The number of benzene rings is 1. The van der Waals surface area contributed by atoms with E-state index in [1.807, 2.05) is 19.9 Å². The molecule has 2 aliphatic rings. The lowest BCUT2D eigenvalue weighted by Gasteiger charge is -2.39. The van der Waals surface area contributed by atoms with Crippen LogP contribution in [-0.4, -0.2) is 64.1 Å². The molecule has 3 aromatic rings. The zero-order valence-electron chi connectivity index (χ0n) is 21.0. The van der Waals surface area contributed by atoms with E-state index >= 15 is 0 Å². The van der Waals surface area contributed by atoms with Crippen LogP contribution in [0.3, 0.4) is 0 Å². The fraction of sp³-hybridized carbons (Fsp3) is 0.429. The molecule has 1 fully saturated rings. The summed E-state index contributed by atoms with van der Waals surface area (Å²) in [5.74, 6) is -0.482. The van der Waals surface area contributed by atoms with Crippen molar-refractivity contribution in [1.29, 1.82) is 0 Å². The number of aromatic nitrogens is 2. The van der Waals surface area contributed by atoms with E-state index in [2.05, 4.69) is 4.98 Å². The first-order chi connectivity index (χ1) is 17.9. The Kier molecular flexibility index (Phi) is 7.29. The number of hydrogen-bond acceptors (Lipinski definition) is 5. The molecule has 5 rings (SSSR count). The maximum atomic E-state index is 14.4. The molecule has 37 heavy (non-hydrogen) atoms. The SMILES string of the molecule is CCCOC(=O)N1CCN(C(=O)c2ccc3c(Cl)c4c(nc3c2)CC(c2ncccc2F)CC4)[C@@H](C)C1. The van der Waals surface area contributed by atoms with Crippen LogP contribution in [0.5, 0.6) is 0 Å². The van der Waals surface area contributed by atoms with Crippen LogP contribution in [0, 0.1) is 5.82 Å². The van der Waals surface area contributed by atoms with E-state index in [0.29, 0.717) is 60.9 Å². The standard InChI is InChI=1S/C28H30ClFN4O3/c1-3-13-37-28(36)33-11-12-34(17(2)16-33)27(35)19-7-9-21-24(15-19)32-23-14-18(6-8-20(23)25(21)29)26-22(30)5-4-10-31-26/h4-5,7,9-10,15,17-18H,3,6,8,11-14,16H2,1-2H3/t17-,18?/m0/s1. The first-order valence-corrected chi connectivity index (χ1v) is 13.2. The van der Waals surface area contributed by atoms with E-state index < -0.39 is 0 Å². The Morgan fingerprint density at radius 1 is 1.24 bits per heavy atom. The smallest absolute Gasteiger partial charge is 0.409 e. The van der Waals surface area contributed by atoms with Gasteiger partial charge in [0.1, 0.15) is 5.82 Å². The summed E-state index contributed by atoms with van der Waals surface area (Å²) in [5.41, 5.74) is 3.44. The second-order valence-electron chi connectivity index (χ2n) is 9.80. The topological polar surface area (TPSA) is 75.6 Å². The van der Waals surface area contributed by atoms with E-state index in [4.69, 9.17) is 21.3 Å². The van der Waals surface area contributed by atoms with E-state index in [0.717, 1.165) is 29.5 Å². The highest BCUT2D eigenvalue weighted by Gasteiger charge is 2.32. The van der Waals surface area contributed by atoms with Gasteiger partial charge in [0.25, 0.3) is 5.91 Å². The number of fused-ring (bicyclic) bond motifs is 2. The largest absolute Gasteiger partial charge is 0.449 e. The first kappa shape index (κ1) is 25.4. The number of pyridine rings is 2. The average Bonchev–Trinajstić information content (AvgIpc) is 2.91. The number of carbonyl (C=O) groups is 2. The molecule has 0 radical (unpaired) electrons. The molecular weight excluding hydrogens is 495 g/mol. The van der Waals surface area contributed by atoms with Gasteiger partial charge in [-0.2, -0.15) is 0 Å². The number of rotatable bonds is 4. The molecule has 0 saturated carbocycles. The van der Waals surface area contributed by atoms with Crippen molar-refractivity contribution in [2.24, 2.45) is 0 Å². The maximum absolute atomic E-state index is 14.4. The Morgan fingerprint density at radius 2 is 2.08 bits per heavy atom. The molecule has 0 bridgehead atoms. The third kappa shape index (κ3) is 4.99. The van der Waals surface area contributed by atoms with E-state index in [1.165, 1.54) is 6.07 Å². The summed E-state index contributed by atoms with van der Waals surface area (Å²) in [5, 5.41) is 1.45. The average molecular weight is 525 g/mol. The van der Waals surface area contributed by atoms with Crippen molar-refractivity contribution in [2.45, 2.75) is 51.5 Å². The van der Waals surface area contributed by atoms with Crippen LogP contribution in [0.1, 0.15) is 59.9 Å². The van der Waals surface area contributed by atoms with Crippen molar-refractivity contribution >= 4 is 34.5 Å². The fourth-order valence-corrected chi connectivity index (χ4v) is 5.69. The summed E-state index contributed by atoms with van der Waals surface area (Å²) in [7, 11) is 0. The van der Waals surface area contributed by atoms with Crippen molar-refractivity contribution < 1.29 is 18.7 Å². The molecule has 1 saturated heterocycles. The number of halogens is 2. The highest BCUT2D eigenvalue weighted by atomic mass is 35.5. The number of carbonyl (C=O) groups excluding carboxylic acids is 2. The van der Waals surface area contributed by atoms with Gasteiger partial charge in [-0.05, 0) is 62.4 Å². The Labute approximate surface area is 220 Å². The summed E-state index contributed by atoms with van der Waals surface area (Å²) in [6, 6.07) is 8.30. The monoisotopic (exact) mass is 524 g/mol. The molecule has 1 aromatic carbocycles.